The first-order valence-electron chi connectivity index (χ1n) is 15.9. The van der Waals surface area contributed by atoms with Crippen LogP contribution in [0.5, 0.6) is 5.75 Å². The number of hydrogen-bond donors (Lipinski definition) is 2. The Balaban J connectivity index is 1.45. The maximum atomic E-state index is 10.4. The van der Waals surface area contributed by atoms with Crippen LogP contribution in [0.4, 0.5) is 5.69 Å². The highest BCUT2D eigenvalue weighted by Gasteiger charge is 2.36. The molecule has 4 rings (SSSR count). The molecule has 43 heavy (non-hydrogen) atoms. The summed E-state index contributed by atoms with van der Waals surface area (Å²) in [5, 5.41) is 13.9. The first kappa shape index (κ1) is 33.6. The smallest absolute Gasteiger partial charge is 0.142 e. The van der Waals surface area contributed by atoms with Crippen molar-refractivity contribution in [3.8, 4) is 5.75 Å². The Hall–Kier alpha value is -2.24. The number of nitrogens with one attached hydrogen (secondary N) is 1. The van der Waals surface area contributed by atoms with E-state index in [4.69, 9.17) is 28.4 Å². The predicted octanol–water partition coefficient (Wildman–Crippen LogP) is 4.29. The minimum absolute atomic E-state index is 0.0262. The molecule has 2 aromatic carbocycles. The van der Waals surface area contributed by atoms with Gasteiger partial charge in [0.25, 0.3) is 0 Å². The van der Waals surface area contributed by atoms with Crippen molar-refractivity contribution in [3.63, 3.8) is 0 Å². The highest BCUT2D eigenvalue weighted by molar-refractivity contribution is 5.61. The summed E-state index contributed by atoms with van der Waals surface area (Å²) in [6.45, 7) is 9.51. The van der Waals surface area contributed by atoms with Crippen LogP contribution < -0.4 is 15.0 Å². The fourth-order valence-corrected chi connectivity index (χ4v) is 5.84. The van der Waals surface area contributed by atoms with Gasteiger partial charge in [-0.1, -0.05) is 43.7 Å². The molecule has 2 aliphatic rings. The van der Waals surface area contributed by atoms with Crippen LogP contribution in [0.15, 0.2) is 42.5 Å². The first-order chi connectivity index (χ1) is 21.1. The third-order valence-corrected chi connectivity index (χ3v) is 8.11. The Kier molecular flexibility index (Phi) is 14.5. The molecule has 9 nitrogen and oxygen atoms in total. The molecule has 240 valence electrons. The Labute approximate surface area is 257 Å². The van der Waals surface area contributed by atoms with Gasteiger partial charge in [-0.2, -0.15) is 0 Å². The molecule has 2 heterocycles. The number of nitrogens with zero attached hydrogens (tertiary/aromatic N) is 1. The van der Waals surface area contributed by atoms with E-state index in [9.17, 15) is 5.11 Å². The van der Waals surface area contributed by atoms with Gasteiger partial charge in [-0.05, 0) is 48.1 Å². The third kappa shape index (κ3) is 10.4. The zero-order valence-corrected chi connectivity index (χ0v) is 26.3. The van der Waals surface area contributed by atoms with Gasteiger partial charge in [-0.25, -0.2) is 0 Å². The number of anilines is 1. The Morgan fingerprint density at radius 2 is 1.67 bits per heavy atom. The summed E-state index contributed by atoms with van der Waals surface area (Å²) < 4.78 is 35.1. The van der Waals surface area contributed by atoms with E-state index in [0.717, 1.165) is 74.5 Å². The number of methoxy groups -OCH3 is 2. The zero-order chi connectivity index (χ0) is 30.3. The highest BCUT2D eigenvalue weighted by atomic mass is 16.5. The fraction of sp³-hybridized carbons (Fsp3) is 0.647. The van der Waals surface area contributed by atoms with Gasteiger partial charge in [0.2, 0.25) is 0 Å². The standard InChI is InChI=1S/C34H52N2O7/c1-4-7-29(37)25-43-33-22-35-21-32(34(33)28-11-8-26(9-12-28)23-40-18-6-17-39-3)42-24-27-10-13-31-30(20-27)36(15-19-41-31)14-5-16-38-2/h8-13,20,29,32-35,37H,4-7,14-19,21-25H2,1-3H3/t29?,32-,33+,34+/m0/s1. The molecule has 0 saturated carbocycles. The zero-order valence-electron chi connectivity index (χ0n) is 26.3. The summed E-state index contributed by atoms with van der Waals surface area (Å²) in [5.41, 5.74) is 4.54. The molecule has 1 fully saturated rings. The summed E-state index contributed by atoms with van der Waals surface area (Å²) in [5.74, 6) is 0.949. The van der Waals surface area contributed by atoms with Crippen molar-refractivity contribution in [1.82, 2.24) is 5.32 Å². The van der Waals surface area contributed by atoms with Crippen LogP contribution in [0.3, 0.4) is 0 Å². The molecule has 4 atom stereocenters. The fourth-order valence-electron chi connectivity index (χ4n) is 5.84. The lowest BCUT2D eigenvalue weighted by Gasteiger charge is -2.39. The van der Waals surface area contributed by atoms with Gasteiger partial charge in [0.05, 0.1) is 50.4 Å². The molecule has 0 aromatic heterocycles. The molecule has 9 heteroatoms. The van der Waals surface area contributed by atoms with E-state index >= 15 is 0 Å². The van der Waals surface area contributed by atoms with Crippen LogP contribution in [-0.4, -0.2) is 96.9 Å². The summed E-state index contributed by atoms with van der Waals surface area (Å²) in [4.78, 5) is 2.38. The number of aliphatic hydroxyl groups is 1. The maximum Gasteiger partial charge on any atom is 0.142 e. The topological polar surface area (TPSA) is 90.9 Å². The average Bonchev–Trinajstić information content (AvgIpc) is 3.03. The highest BCUT2D eigenvalue weighted by Crippen LogP contribution is 2.35. The molecule has 0 spiro atoms. The van der Waals surface area contributed by atoms with Crippen molar-refractivity contribution in [2.75, 3.05) is 78.3 Å². The van der Waals surface area contributed by atoms with E-state index in [1.54, 1.807) is 14.2 Å². The van der Waals surface area contributed by atoms with E-state index < -0.39 is 6.10 Å². The Bertz CT molecular complexity index is 1050. The van der Waals surface area contributed by atoms with Crippen LogP contribution in [-0.2, 0) is 36.9 Å². The van der Waals surface area contributed by atoms with Gasteiger partial charge in [0, 0.05) is 59.6 Å². The van der Waals surface area contributed by atoms with Gasteiger partial charge in [0.15, 0.2) is 0 Å². The number of hydrogen-bond acceptors (Lipinski definition) is 9. The van der Waals surface area contributed by atoms with E-state index in [2.05, 4.69) is 59.6 Å². The largest absolute Gasteiger partial charge is 0.490 e. The van der Waals surface area contributed by atoms with Crippen molar-refractivity contribution in [3.05, 3.63) is 59.2 Å². The van der Waals surface area contributed by atoms with Crippen LogP contribution in [0, 0.1) is 0 Å². The summed E-state index contributed by atoms with van der Waals surface area (Å²) in [6.07, 6.45) is 2.84. The number of rotatable bonds is 19. The van der Waals surface area contributed by atoms with Crippen LogP contribution in [0.25, 0.3) is 0 Å². The third-order valence-electron chi connectivity index (χ3n) is 8.11. The van der Waals surface area contributed by atoms with Crippen molar-refractivity contribution < 1.29 is 33.5 Å². The number of aliphatic hydroxyl groups excluding tert-OH is 1. The molecule has 1 saturated heterocycles. The minimum atomic E-state index is -0.464. The lowest BCUT2D eigenvalue weighted by molar-refractivity contribution is -0.0783. The molecule has 0 aliphatic carbocycles. The first-order valence-corrected chi connectivity index (χ1v) is 15.9. The van der Waals surface area contributed by atoms with Crippen LogP contribution in [0.1, 0.15) is 55.2 Å². The summed E-state index contributed by atoms with van der Waals surface area (Å²) in [7, 11) is 3.45. The minimum Gasteiger partial charge on any atom is -0.490 e. The van der Waals surface area contributed by atoms with Crippen LogP contribution >= 0.6 is 0 Å². The second kappa shape index (κ2) is 18.5. The summed E-state index contributed by atoms with van der Waals surface area (Å²) in [6, 6.07) is 15.0. The molecular weight excluding hydrogens is 548 g/mol. The molecule has 2 aromatic rings. The van der Waals surface area contributed by atoms with Gasteiger partial charge in [-0.3, -0.25) is 0 Å². The second-order valence-electron chi connectivity index (χ2n) is 11.5. The molecule has 1 unspecified atom stereocenters. The van der Waals surface area contributed by atoms with E-state index in [1.165, 1.54) is 5.56 Å². The summed E-state index contributed by atoms with van der Waals surface area (Å²) >= 11 is 0. The normalized spacial score (nSPS) is 20.9. The average molecular weight is 601 g/mol. The second-order valence-corrected chi connectivity index (χ2v) is 11.5. The van der Waals surface area contributed by atoms with Crippen molar-refractivity contribution >= 4 is 5.69 Å². The molecule has 0 bridgehead atoms. The van der Waals surface area contributed by atoms with Gasteiger partial charge in [0.1, 0.15) is 12.4 Å². The van der Waals surface area contributed by atoms with Crippen molar-refractivity contribution in [1.29, 1.82) is 0 Å². The van der Waals surface area contributed by atoms with E-state index in [1.807, 2.05) is 0 Å². The predicted molar refractivity (Wildman–Crippen MR) is 168 cm³/mol. The number of piperidine rings is 1. The quantitative estimate of drug-likeness (QED) is 0.229. The lowest BCUT2D eigenvalue weighted by atomic mass is 9.85. The Morgan fingerprint density at radius 3 is 2.44 bits per heavy atom. The monoisotopic (exact) mass is 600 g/mol. The SMILES string of the molecule is CCCC(O)CO[C@@H]1CNC[C@H](OCc2ccc3c(c2)N(CCCOC)CCO3)[C@H]1c1ccc(COCCCOC)cc1. The van der Waals surface area contributed by atoms with Crippen molar-refractivity contribution in [2.45, 2.75) is 70.1 Å². The van der Waals surface area contributed by atoms with E-state index in [0.29, 0.717) is 46.2 Å². The van der Waals surface area contributed by atoms with Gasteiger partial charge >= 0.3 is 0 Å². The maximum absolute atomic E-state index is 10.4. The van der Waals surface area contributed by atoms with Crippen molar-refractivity contribution in [2.24, 2.45) is 0 Å². The Morgan fingerprint density at radius 1 is 0.930 bits per heavy atom. The van der Waals surface area contributed by atoms with E-state index in [-0.39, 0.29) is 18.1 Å². The lowest BCUT2D eigenvalue weighted by Crippen LogP contribution is -2.51. The molecular formula is C34H52N2O7. The molecule has 2 aliphatic heterocycles. The van der Waals surface area contributed by atoms with Crippen LogP contribution in [0.2, 0.25) is 0 Å². The molecule has 0 amide bonds. The number of fused-ring (bicyclic) bond motifs is 1. The molecule has 2 N–H and O–H groups in total. The van der Waals surface area contributed by atoms with Gasteiger partial charge < -0.3 is 43.7 Å². The number of benzene rings is 2. The number of ether oxygens (including phenoxy) is 6. The van der Waals surface area contributed by atoms with Gasteiger partial charge in [-0.15, -0.1) is 0 Å². The molecule has 0 radical (unpaired) electrons.